The first-order chi connectivity index (χ1) is 7.83. The van der Waals surface area contributed by atoms with Crippen LogP contribution in [0.2, 0.25) is 0 Å². The monoisotopic (exact) mass is 252 g/mol. The molecule has 0 saturated heterocycles. The van der Waals surface area contributed by atoms with Crippen molar-refractivity contribution in [3.05, 3.63) is 29.8 Å². The Kier molecular flexibility index (Phi) is 2.93. The van der Waals surface area contributed by atoms with E-state index in [9.17, 15) is 0 Å². The van der Waals surface area contributed by atoms with Gasteiger partial charge in [-0.25, -0.2) is 0 Å². The zero-order valence-electron chi connectivity index (χ0n) is 9.42. The molecule has 1 saturated carbocycles. The molecule has 0 aromatic heterocycles. The van der Waals surface area contributed by atoms with Crippen molar-refractivity contribution in [2.24, 2.45) is 5.41 Å². The molecular formula is C14H17ClS. The molecule has 2 aliphatic rings. The van der Waals surface area contributed by atoms with Crippen molar-refractivity contribution in [3.8, 4) is 0 Å². The lowest BCUT2D eigenvalue weighted by molar-refractivity contribution is 0.142. The van der Waals surface area contributed by atoms with Crippen molar-refractivity contribution in [1.29, 1.82) is 0 Å². The van der Waals surface area contributed by atoms with E-state index in [0.29, 0.717) is 5.41 Å². The second-order valence-electron chi connectivity index (χ2n) is 5.24. The molecule has 0 bridgehead atoms. The molecule has 1 atom stereocenters. The molecule has 1 aromatic rings. The topological polar surface area (TPSA) is 0 Å². The first-order valence-electron chi connectivity index (χ1n) is 6.11. The Bertz CT molecular complexity index is 379. The van der Waals surface area contributed by atoms with Crippen LogP contribution in [0.3, 0.4) is 0 Å². The minimum absolute atomic E-state index is 0.476. The number of alkyl halides is 1. The average molecular weight is 253 g/mol. The number of halogens is 1. The van der Waals surface area contributed by atoms with Gasteiger partial charge >= 0.3 is 0 Å². The Morgan fingerprint density at radius 3 is 2.81 bits per heavy atom. The molecule has 86 valence electrons. The lowest BCUT2D eigenvalue weighted by Crippen LogP contribution is -2.33. The van der Waals surface area contributed by atoms with Gasteiger partial charge in [0.1, 0.15) is 0 Å². The van der Waals surface area contributed by atoms with Crippen LogP contribution in [0.5, 0.6) is 0 Å². The highest BCUT2D eigenvalue weighted by Gasteiger charge is 2.39. The summed E-state index contributed by atoms with van der Waals surface area (Å²) in [5, 5.41) is 0. The van der Waals surface area contributed by atoms with E-state index < -0.39 is 0 Å². The fourth-order valence-corrected chi connectivity index (χ4v) is 4.62. The molecule has 1 heterocycles. The van der Waals surface area contributed by atoms with Crippen LogP contribution in [0.25, 0.3) is 0 Å². The van der Waals surface area contributed by atoms with Gasteiger partial charge in [-0.3, -0.25) is 0 Å². The third-order valence-corrected chi connectivity index (χ3v) is 5.99. The van der Waals surface area contributed by atoms with Crippen LogP contribution in [-0.2, 0) is 0 Å². The molecule has 1 aliphatic carbocycles. The molecule has 3 rings (SSSR count). The Balaban J connectivity index is 1.78. The molecule has 1 aromatic carbocycles. The van der Waals surface area contributed by atoms with Crippen molar-refractivity contribution in [2.45, 2.75) is 36.5 Å². The Morgan fingerprint density at radius 1 is 1.31 bits per heavy atom. The summed E-state index contributed by atoms with van der Waals surface area (Å²) >= 11 is 8.18. The van der Waals surface area contributed by atoms with Crippen molar-refractivity contribution in [1.82, 2.24) is 0 Å². The van der Waals surface area contributed by atoms with E-state index in [1.807, 2.05) is 11.8 Å². The summed E-state index contributed by atoms with van der Waals surface area (Å²) < 4.78 is 0. The molecule has 0 nitrogen and oxygen atoms in total. The van der Waals surface area contributed by atoms with Crippen LogP contribution in [0.15, 0.2) is 29.2 Å². The molecular weight excluding hydrogens is 236 g/mol. The van der Waals surface area contributed by atoms with Crippen molar-refractivity contribution in [2.75, 3.05) is 11.6 Å². The van der Waals surface area contributed by atoms with Gasteiger partial charge in [0.25, 0.3) is 0 Å². The van der Waals surface area contributed by atoms with Crippen LogP contribution in [-0.4, -0.2) is 11.6 Å². The highest BCUT2D eigenvalue weighted by molar-refractivity contribution is 7.99. The van der Waals surface area contributed by atoms with Gasteiger partial charge in [0.15, 0.2) is 0 Å². The first kappa shape index (κ1) is 11.0. The summed E-state index contributed by atoms with van der Waals surface area (Å²) in [6.45, 7) is 0. The maximum atomic E-state index is 6.16. The third kappa shape index (κ3) is 1.78. The number of thioether (sulfide) groups is 1. The molecule has 2 heteroatoms. The second-order valence-corrected chi connectivity index (χ2v) is 6.57. The Labute approximate surface area is 107 Å². The van der Waals surface area contributed by atoms with E-state index in [4.69, 9.17) is 11.6 Å². The molecule has 0 radical (unpaired) electrons. The summed E-state index contributed by atoms with van der Waals surface area (Å²) in [6.07, 6.45) is 5.38. The SMILES string of the molecule is ClCC1(CC2CSc3ccccc32)CCC1. The Hall–Kier alpha value is -0.140. The molecule has 1 fully saturated rings. The van der Waals surface area contributed by atoms with Gasteiger partial charge in [-0.1, -0.05) is 24.6 Å². The number of rotatable bonds is 3. The zero-order valence-corrected chi connectivity index (χ0v) is 11.0. The van der Waals surface area contributed by atoms with Gasteiger partial charge in [0.05, 0.1) is 0 Å². The van der Waals surface area contributed by atoms with Crippen LogP contribution < -0.4 is 0 Å². The van der Waals surface area contributed by atoms with Crippen molar-refractivity contribution >= 4 is 23.4 Å². The maximum Gasteiger partial charge on any atom is 0.0280 e. The number of hydrogen-bond acceptors (Lipinski definition) is 1. The summed E-state index contributed by atoms with van der Waals surface area (Å²) in [4.78, 5) is 1.50. The van der Waals surface area contributed by atoms with Crippen molar-refractivity contribution in [3.63, 3.8) is 0 Å². The van der Waals surface area contributed by atoms with Crippen molar-refractivity contribution < 1.29 is 0 Å². The van der Waals surface area contributed by atoms with E-state index >= 15 is 0 Å². The lowest BCUT2D eigenvalue weighted by Gasteiger charge is -2.42. The largest absolute Gasteiger partial charge is 0.126 e. The van der Waals surface area contributed by atoms with Crippen LogP contribution in [0.1, 0.15) is 37.2 Å². The number of fused-ring (bicyclic) bond motifs is 1. The smallest absolute Gasteiger partial charge is 0.0280 e. The van der Waals surface area contributed by atoms with Gasteiger partial charge in [0, 0.05) is 16.5 Å². The van der Waals surface area contributed by atoms with E-state index in [0.717, 1.165) is 11.8 Å². The molecule has 1 aliphatic heterocycles. The van der Waals surface area contributed by atoms with Gasteiger partial charge in [-0.05, 0) is 42.2 Å². The summed E-state index contributed by atoms with van der Waals surface area (Å²) in [7, 11) is 0. The predicted octanol–water partition coefficient (Wildman–Crippen LogP) is 4.68. The second kappa shape index (κ2) is 4.27. The summed E-state index contributed by atoms with van der Waals surface area (Å²) in [6, 6.07) is 8.88. The van der Waals surface area contributed by atoms with Gasteiger partial charge in [-0.2, -0.15) is 0 Å². The van der Waals surface area contributed by atoms with E-state index in [1.165, 1.54) is 36.3 Å². The average Bonchev–Trinajstić information content (AvgIpc) is 2.67. The lowest BCUT2D eigenvalue weighted by atomic mass is 9.65. The third-order valence-electron chi connectivity index (χ3n) is 4.18. The molecule has 0 spiro atoms. The fraction of sp³-hybridized carbons (Fsp3) is 0.571. The number of hydrogen-bond donors (Lipinski definition) is 0. The van der Waals surface area contributed by atoms with E-state index in [2.05, 4.69) is 24.3 Å². The predicted molar refractivity (Wildman–Crippen MR) is 71.5 cm³/mol. The van der Waals surface area contributed by atoms with Crippen LogP contribution >= 0.6 is 23.4 Å². The summed E-state index contributed by atoms with van der Waals surface area (Å²) in [5.74, 6) is 2.87. The minimum Gasteiger partial charge on any atom is -0.126 e. The van der Waals surface area contributed by atoms with Crippen LogP contribution in [0.4, 0.5) is 0 Å². The summed E-state index contributed by atoms with van der Waals surface area (Å²) in [5.41, 5.74) is 2.05. The zero-order chi connectivity index (χ0) is 11.0. The van der Waals surface area contributed by atoms with Gasteiger partial charge in [0.2, 0.25) is 0 Å². The maximum absolute atomic E-state index is 6.16. The molecule has 0 N–H and O–H groups in total. The Morgan fingerprint density at radius 2 is 2.12 bits per heavy atom. The molecule has 1 unspecified atom stereocenters. The van der Waals surface area contributed by atoms with E-state index in [-0.39, 0.29) is 0 Å². The minimum atomic E-state index is 0.476. The van der Waals surface area contributed by atoms with Gasteiger partial charge in [-0.15, -0.1) is 23.4 Å². The fourth-order valence-electron chi connectivity index (χ4n) is 2.99. The van der Waals surface area contributed by atoms with Gasteiger partial charge < -0.3 is 0 Å². The standard InChI is InChI=1S/C14H17ClS/c15-10-14(6-3-7-14)8-11-9-16-13-5-2-1-4-12(11)13/h1-2,4-5,11H,3,6-10H2. The molecule has 16 heavy (non-hydrogen) atoms. The highest BCUT2D eigenvalue weighted by atomic mass is 35.5. The van der Waals surface area contributed by atoms with E-state index in [1.54, 1.807) is 5.56 Å². The number of benzene rings is 1. The first-order valence-corrected chi connectivity index (χ1v) is 7.63. The van der Waals surface area contributed by atoms with Crippen LogP contribution in [0, 0.1) is 5.41 Å². The normalized spacial score (nSPS) is 26.2. The quantitative estimate of drug-likeness (QED) is 0.705. The highest BCUT2D eigenvalue weighted by Crippen LogP contribution is 2.52. The molecule has 0 amide bonds.